The molecule has 0 saturated heterocycles. The summed E-state index contributed by atoms with van der Waals surface area (Å²) in [4.78, 5) is 5.41. The lowest BCUT2D eigenvalue weighted by Crippen LogP contribution is -1.97. The van der Waals surface area contributed by atoms with Crippen LogP contribution in [-0.2, 0) is 6.54 Å². The third-order valence-electron chi connectivity index (χ3n) is 2.29. The number of thiazole rings is 1. The van der Waals surface area contributed by atoms with Crippen molar-refractivity contribution in [2.24, 2.45) is 0 Å². The zero-order valence-corrected chi connectivity index (χ0v) is 11.2. The summed E-state index contributed by atoms with van der Waals surface area (Å²) in [5.41, 5.74) is 0.984. The first-order chi connectivity index (χ1) is 8.19. The van der Waals surface area contributed by atoms with Gasteiger partial charge in [-0.05, 0) is 19.1 Å². The number of rotatable bonds is 4. The number of aromatic nitrogens is 1. The highest BCUT2D eigenvalue weighted by atomic mass is 35.5. The molecule has 0 amide bonds. The standard InChI is InChI=1S/C12H13ClN2OS/c1-8-14-6-10(17-8)7-15-9-3-4-11(13)12(5-9)16-2/h3-6,15H,7H2,1-2H3. The number of hydrogen-bond donors (Lipinski definition) is 1. The smallest absolute Gasteiger partial charge is 0.139 e. The molecule has 90 valence electrons. The Morgan fingerprint density at radius 1 is 1.47 bits per heavy atom. The van der Waals surface area contributed by atoms with E-state index in [9.17, 15) is 0 Å². The number of ether oxygens (including phenoxy) is 1. The Bertz CT molecular complexity index is 513. The lowest BCUT2D eigenvalue weighted by molar-refractivity contribution is 0.415. The minimum Gasteiger partial charge on any atom is -0.495 e. The van der Waals surface area contributed by atoms with Gasteiger partial charge in [-0.15, -0.1) is 11.3 Å². The van der Waals surface area contributed by atoms with Gasteiger partial charge < -0.3 is 10.1 Å². The third kappa shape index (κ3) is 3.11. The van der Waals surface area contributed by atoms with Crippen molar-refractivity contribution >= 4 is 28.6 Å². The SMILES string of the molecule is COc1cc(NCc2cnc(C)s2)ccc1Cl. The van der Waals surface area contributed by atoms with Crippen molar-refractivity contribution in [3.8, 4) is 5.75 Å². The highest BCUT2D eigenvalue weighted by Crippen LogP contribution is 2.27. The number of nitrogens with one attached hydrogen (secondary N) is 1. The van der Waals surface area contributed by atoms with Gasteiger partial charge in [0.1, 0.15) is 5.75 Å². The number of aryl methyl sites for hydroxylation is 1. The molecular formula is C12H13ClN2OS. The molecule has 0 bridgehead atoms. The maximum absolute atomic E-state index is 5.96. The number of hydrogen-bond acceptors (Lipinski definition) is 4. The molecule has 2 rings (SSSR count). The van der Waals surface area contributed by atoms with Gasteiger partial charge in [0.2, 0.25) is 0 Å². The molecule has 0 atom stereocenters. The van der Waals surface area contributed by atoms with Crippen molar-refractivity contribution in [2.75, 3.05) is 12.4 Å². The largest absolute Gasteiger partial charge is 0.495 e. The number of benzene rings is 1. The summed E-state index contributed by atoms with van der Waals surface area (Å²) in [7, 11) is 1.61. The molecule has 0 saturated carbocycles. The second kappa shape index (κ2) is 5.38. The molecule has 0 aliphatic heterocycles. The Balaban J connectivity index is 2.04. The third-order valence-corrected chi connectivity index (χ3v) is 3.51. The molecule has 0 aliphatic rings. The van der Waals surface area contributed by atoms with Crippen LogP contribution in [0.3, 0.4) is 0 Å². The Morgan fingerprint density at radius 3 is 2.94 bits per heavy atom. The van der Waals surface area contributed by atoms with Gasteiger partial charge >= 0.3 is 0 Å². The second-order valence-electron chi connectivity index (χ2n) is 3.55. The molecule has 1 heterocycles. The van der Waals surface area contributed by atoms with Crippen LogP contribution in [0, 0.1) is 6.92 Å². The first kappa shape index (κ1) is 12.2. The van der Waals surface area contributed by atoms with Gasteiger partial charge in [0.15, 0.2) is 0 Å². The van der Waals surface area contributed by atoms with E-state index >= 15 is 0 Å². The minimum absolute atomic E-state index is 0.617. The lowest BCUT2D eigenvalue weighted by atomic mass is 10.3. The molecule has 5 heteroatoms. The van der Waals surface area contributed by atoms with E-state index in [4.69, 9.17) is 16.3 Å². The molecule has 1 aromatic heterocycles. The Kier molecular flexibility index (Phi) is 3.86. The quantitative estimate of drug-likeness (QED) is 0.918. The Hall–Kier alpha value is -1.26. The van der Waals surface area contributed by atoms with Crippen LogP contribution in [0.1, 0.15) is 9.88 Å². The van der Waals surface area contributed by atoms with Gasteiger partial charge in [0, 0.05) is 22.8 Å². The molecule has 0 unspecified atom stereocenters. The molecule has 3 nitrogen and oxygen atoms in total. The molecule has 0 aliphatic carbocycles. The summed E-state index contributed by atoms with van der Waals surface area (Å²) in [5.74, 6) is 0.678. The van der Waals surface area contributed by atoms with Gasteiger partial charge in [-0.3, -0.25) is 0 Å². The van der Waals surface area contributed by atoms with Crippen LogP contribution in [0.25, 0.3) is 0 Å². The summed E-state index contributed by atoms with van der Waals surface area (Å²) < 4.78 is 5.16. The molecule has 0 radical (unpaired) electrons. The predicted molar refractivity (Wildman–Crippen MR) is 72.2 cm³/mol. The molecule has 1 aromatic carbocycles. The molecule has 1 N–H and O–H groups in total. The fourth-order valence-corrected chi connectivity index (χ4v) is 2.38. The second-order valence-corrected chi connectivity index (χ2v) is 5.27. The fraction of sp³-hybridized carbons (Fsp3) is 0.250. The number of halogens is 1. The van der Waals surface area contributed by atoms with Crippen molar-refractivity contribution in [3.05, 3.63) is 39.3 Å². The van der Waals surface area contributed by atoms with Gasteiger partial charge in [-0.1, -0.05) is 11.6 Å². The van der Waals surface area contributed by atoms with Crippen LogP contribution in [0.5, 0.6) is 5.75 Å². The van der Waals surface area contributed by atoms with Gasteiger partial charge in [-0.2, -0.15) is 0 Å². The van der Waals surface area contributed by atoms with Crippen molar-refractivity contribution in [1.82, 2.24) is 4.98 Å². The maximum Gasteiger partial charge on any atom is 0.139 e. The van der Waals surface area contributed by atoms with E-state index in [2.05, 4.69) is 10.3 Å². The normalized spacial score (nSPS) is 10.3. The zero-order chi connectivity index (χ0) is 12.3. The summed E-state index contributed by atoms with van der Waals surface area (Å²) >= 11 is 7.65. The highest BCUT2D eigenvalue weighted by Gasteiger charge is 2.02. The molecule has 0 fully saturated rings. The summed E-state index contributed by atoms with van der Waals surface area (Å²) in [6.07, 6.45) is 1.89. The van der Waals surface area contributed by atoms with Crippen molar-refractivity contribution < 1.29 is 4.74 Å². The van der Waals surface area contributed by atoms with Crippen LogP contribution in [0.4, 0.5) is 5.69 Å². The average molecular weight is 269 g/mol. The molecule has 17 heavy (non-hydrogen) atoms. The van der Waals surface area contributed by atoms with E-state index in [0.29, 0.717) is 10.8 Å². The molecular weight excluding hydrogens is 256 g/mol. The van der Waals surface area contributed by atoms with Crippen molar-refractivity contribution in [3.63, 3.8) is 0 Å². The van der Waals surface area contributed by atoms with Crippen LogP contribution in [0.2, 0.25) is 5.02 Å². The minimum atomic E-state index is 0.617. The number of methoxy groups -OCH3 is 1. The summed E-state index contributed by atoms with van der Waals surface area (Å²) in [6.45, 7) is 2.76. The molecule has 2 aromatic rings. The van der Waals surface area contributed by atoms with Gasteiger partial charge in [-0.25, -0.2) is 4.98 Å². The first-order valence-electron chi connectivity index (χ1n) is 5.18. The van der Waals surface area contributed by atoms with E-state index < -0.39 is 0 Å². The van der Waals surface area contributed by atoms with Crippen LogP contribution >= 0.6 is 22.9 Å². The van der Waals surface area contributed by atoms with Gasteiger partial charge in [0.05, 0.1) is 23.7 Å². The average Bonchev–Trinajstić information content (AvgIpc) is 2.74. The van der Waals surface area contributed by atoms with Gasteiger partial charge in [0.25, 0.3) is 0 Å². The topological polar surface area (TPSA) is 34.1 Å². The summed E-state index contributed by atoms with van der Waals surface area (Å²) in [5, 5.41) is 5.00. The fourth-order valence-electron chi connectivity index (χ4n) is 1.45. The lowest BCUT2D eigenvalue weighted by Gasteiger charge is -2.08. The number of anilines is 1. The van der Waals surface area contributed by atoms with Crippen LogP contribution < -0.4 is 10.1 Å². The Morgan fingerprint density at radius 2 is 2.29 bits per heavy atom. The van der Waals surface area contributed by atoms with E-state index in [1.165, 1.54) is 4.88 Å². The van der Waals surface area contributed by atoms with E-state index in [-0.39, 0.29) is 0 Å². The first-order valence-corrected chi connectivity index (χ1v) is 6.37. The van der Waals surface area contributed by atoms with E-state index in [1.54, 1.807) is 18.4 Å². The number of nitrogens with zero attached hydrogens (tertiary/aromatic N) is 1. The van der Waals surface area contributed by atoms with Crippen molar-refractivity contribution in [2.45, 2.75) is 13.5 Å². The highest BCUT2D eigenvalue weighted by molar-refractivity contribution is 7.11. The monoisotopic (exact) mass is 268 g/mol. The van der Waals surface area contributed by atoms with Crippen LogP contribution in [0.15, 0.2) is 24.4 Å². The van der Waals surface area contributed by atoms with E-state index in [0.717, 1.165) is 17.2 Å². The zero-order valence-electron chi connectivity index (χ0n) is 9.66. The Labute approximate surface area is 109 Å². The van der Waals surface area contributed by atoms with Crippen LogP contribution in [-0.4, -0.2) is 12.1 Å². The summed E-state index contributed by atoms with van der Waals surface area (Å²) in [6, 6.07) is 5.63. The maximum atomic E-state index is 5.96. The predicted octanol–water partition coefficient (Wildman–Crippen LogP) is 3.73. The van der Waals surface area contributed by atoms with E-state index in [1.807, 2.05) is 31.3 Å². The molecule has 0 spiro atoms. The van der Waals surface area contributed by atoms with Crippen molar-refractivity contribution in [1.29, 1.82) is 0 Å².